The molecular formula is C25H50N6O10. The van der Waals surface area contributed by atoms with Crippen LogP contribution in [0.15, 0.2) is 0 Å². The van der Waals surface area contributed by atoms with E-state index in [1.807, 2.05) is 14.0 Å². The maximum absolute atomic E-state index is 11.2. The maximum Gasteiger partial charge on any atom is 0.187 e. The maximum atomic E-state index is 11.2. The number of aliphatic hydroxyl groups excluding tert-OH is 5. The Balaban J connectivity index is 1.52. The normalized spacial score (nSPS) is 52.0. The van der Waals surface area contributed by atoms with Crippen molar-refractivity contribution < 1.29 is 49.2 Å². The molecule has 0 aromatic rings. The van der Waals surface area contributed by atoms with Gasteiger partial charge in [-0.1, -0.05) is 0 Å². The van der Waals surface area contributed by atoms with Crippen LogP contribution >= 0.6 is 0 Å². The largest absolute Gasteiger partial charge is 0.394 e. The molecule has 3 saturated heterocycles. The van der Waals surface area contributed by atoms with Gasteiger partial charge in [0.05, 0.1) is 37.1 Å². The third-order valence-electron chi connectivity index (χ3n) is 9.16. The van der Waals surface area contributed by atoms with Crippen LogP contribution in [0.2, 0.25) is 0 Å². The molecule has 16 nitrogen and oxygen atoms in total. The summed E-state index contributed by atoms with van der Waals surface area (Å²) in [6.07, 6.45) is -11.3. The number of aliphatic hydroxyl groups is 5. The predicted molar refractivity (Wildman–Crippen MR) is 144 cm³/mol. The lowest BCUT2D eigenvalue weighted by Crippen LogP contribution is -2.67. The van der Waals surface area contributed by atoms with E-state index in [4.69, 9.17) is 52.4 Å². The minimum atomic E-state index is -1.48. The van der Waals surface area contributed by atoms with Gasteiger partial charge in [0.1, 0.15) is 36.6 Å². The molecule has 0 bridgehead atoms. The van der Waals surface area contributed by atoms with Gasteiger partial charge < -0.3 is 83.2 Å². The van der Waals surface area contributed by atoms with E-state index in [1.54, 1.807) is 0 Å². The van der Waals surface area contributed by atoms with Crippen molar-refractivity contribution in [2.75, 3.05) is 20.2 Å². The van der Waals surface area contributed by atoms with E-state index in [0.29, 0.717) is 12.8 Å². The molecule has 4 aliphatic rings. The molecule has 16 heteroatoms. The van der Waals surface area contributed by atoms with Crippen LogP contribution in [0.3, 0.4) is 0 Å². The van der Waals surface area contributed by atoms with Crippen LogP contribution in [-0.4, -0.2) is 150 Å². The van der Waals surface area contributed by atoms with Crippen molar-refractivity contribution in [3.05, 3.63) is 0 Å². The molecular weight excluding hydrogens is 544 g/mol. The number of hydrogen-bond donors (Lipinski definition) is 11. The van der Waals surface area contributed by atoms with Crippen LogP contribution in [0.1, 0.15) is 26.2 Å². The Morgan fingerprint density at radius 2 is 1.46 bits per heavy atom. The molecule has 0 radical (unpaired) electrons. The van der Waals surface area contributed by atoms with Crippen molar-refractivity contribution in [3.63, 3.8) is 0 Å². The molecule has 41 heavy (non-hydrogen) atoms. The highest BCUT2D eigenvalue weighted by atomic mass is 16.7. The highest BCUT2D eigenvalue weighted by molar-refractivity contribution is 5.05. The van der Waals surface area contributed by atoms with Gasteiger partial charge in [0, 0.05) is 36.6 Å². The molecule has 3 aliphatic heterocycles. The number of rotatable bonds is 9. The van der Waals surface area contributed by atoms with E-state index in [2.05, 4.69) is 5.32 Å². The third kappa shape index (κ3) is 6.73. The van der Waals surface area contributed by atoms with E-state index >= 15 is 0 Å². The average molecular weight is 595 g/mol. The number of nitrogens with one attached hydrogen (secondary N) is 1. The first kappa shape index (κ1) is 33.3. The molecule has 16 N–H and O–H groups in total. The zero-order valence-corrected chi connectivity index (χ0v) is 23.6. The Morgan fingerprint density at radius 1 is 0.805 bits per heavy atom. The Hall–Kier alpha value is -0.640. The molecule has 0 spiro atoms. The van der Waals surface area contributed by atoms with Crippen molar-refractivity contribution >= 4 is 0 Å². The van der Waals surface area contributed by atoms with Crippen LogP contribution in [0.4, 0.5) is 0 Å². The molecule has 0 aromatic heterocycles. The van der Waals surface area contributed by atoms with Gasteiger partial charge >= 0.3 is 0 Å². The van der Waals surface area contributed by atoms with Crippen molar-refractivity contribution in [1.82, 2.24) is 5.32 Å². The summed E-state index contributed by atoms with van der Waals surface area (Å²) in [5.74, 6) is -0.591. The summed E-state index contributed by atoms with van der Waals surface area (Å²) in [6, 6.07) is -2.76. The van der Waals surface area contributed by atoms with E-state index < -0.39 is 98.2 Å². The second-order valence-electron chi connectivity index (χ2n) is 11.8. The van der Waals surface area contributed by atoms with Gasteiger partial charge in [-0.15, -0.1) is 0 Å². The minimum absolute atomic E-state index is 0.0476. The Kier molecular flexibility index (Phi) is 11.3. The molecule has 4 fully saturated rings. The molecule has 18 atom stereocenters. The molecule has 1 saturated carbocycles. The SMILES string of the molecule is CN[C@@H](C)[C@@H]1CC[C@@H](N)C([C@H]2[C@H](O[C@@H]3O[C@H](CO)[C@@H](O[C@H]4O[C@@H](CN)[C@@H](O)[C@H](O)[C@H]4N)[C@H]3O)[C@@H](O)[C@H](N)C[C@@H]2N)O1. The zero-order valence-electron chi connectivity index (χ0n) is 23.6. The predicted octanol–water partition coefficient (Wildman–Crippen LogP) is -5.91. The second kappa shape index (κ2) is 14.0. The molecule has 1 aliphatic carbocycles. The summed E-state index contributed by atoms with van der Waals surface area (Å²) in [5, 5.41) is 56.1. The van der Waals surface area contributed by atoms with E-state index in [-0.39, 0.29) is 24.7 Å². The van der Waals surface area contributed by atoms with Gasteiger partial charge in [0.25, 0.3) is 0 Å². The van der Waals surface area contributed by atoms with Crippen LogP contribution in [0, 0.1) is 5.92 Å². The highest BCUT2D eigenvalue weighted by Gasteiger charge is 2.55. The average Bonchev–Trinajstić information content (AvgIpc) is 3.25. The minimum Gasteiger partial charge on any atom is -0.394 e. The summed E-state index contributed by atoms with van der Waals surface area (Å²) in [5.41, 5.74) is 31.0. The highest BCUT2D eigenvalue weighted by Crippen LogP contribution is 2.38. The van der Waals surface area contributed by atoms with Crippen LogP contribution < -0.4 is 34.0 Å². The van der Waals surface area contributed by atoms with E-state index in [9.17, 15) is 25.5 Å². The zero-order chi connectivity index (χ0) is 30.2. The monoisotopic (exact) mass is 594 g/mol. The topological polar surface area (TPSA) is 289 Å². The number of nitrogens with two attached hydrogens (primary N) is 5. The van der Waals surface area contributed by atoms with Gasteiger partial charge in [-0.05, 0) is 33.2 Å². The summed E-state index contributed by atoms with van der Waals surface area (Å²) < 4.78 is 30.0. The molecule has 3 heterocycles. The lowest BCUT2D eigenvalue weighted by atomic mass is 9.72. The Labute approximate surface area is 239 Å². The van der Waals surface area contributed by atoms with Gasteiger partial charge in [0.2, 0.25) is 0 Å². The molecule has 4 rings (SSSR count). The van der Waals surface area contributed by atoms with Crippen LogP contribution in [0.5, 0.6) is 0 Å². The molecule has 1 unspecified atom stereocenters. The molecule has 240 valence electrons. The number of likely N-dealkylation sites (N-methyl/N-ethyl adjacent to an activating group) is 1. The Bertz CT molecular complexity index is 836. The van der Waals surface area contributed by atoms with E-state index in [1.165, 1.54) is 0 Å². The van der Waals surface area contributed by atoms with E-state index in [0.717, 1.165) is 6.42 Å². The van der Waals surface area contributed by atoms with Gasteiger partial charge in [0.15, 0.2) is 12.6 Å². The third-order valence-corrected chi connectivity index (χ3v) is 9.16. The Morgan fingerprint density at radius 3 is 2.10 bits per heavy atom. The van der Waals surface area contributed by atoms with Crippen molar-refractivity contribution in [2.24, 2.45) is 34.6 Å². The lowest BCUT2D eigenvalue weighted by Gasteiger charge is -2.50. The van der Waals surface area contributed by atoms with Crippen molar-refractivity contribution in [3.8, 4) is 0 Å². The first-order valence-corrected chi connectivity index (χ1v) is 14.4. The quantitative estimate of drug-likeness (QED) is 0.118. The fraction of sp³-hybridized carbons (Fsp3) is 1.00. The van der Waals surface area contributed by atoms with Crippen LogP contribution in [-0.2, 0) is 23.7 Å². The first-order chi connectivity index (χ1) is 19.4. The second-order valence-corrected chi connectivity index (χ2v) is 11.8. The van der Waals surface area contributed by atoms with Gasteiger partial charge in [-0.3, -0.25) is 0 Å². The van der Waals surface area contributed by atoms with Crippen molar-refractivity contribution in [1.29, 1.82) is 0 Å². The van der Waals surface area contributed by atoms with Crippen LogP contribution in [0.25, 0.3) is 0 Å². The van der Waals surface area contributed by atoms with Crippen molar-refractivity contribution in [2.45, 2.75) is 130 Å². The fourth-order valence-corrected chi connectivity index (χ4v) is 6.46. The summed E-state index contributed by atoms with van der Waals surface area (Å²) >= 11 is 0. The summed E-state index contributed by atoms with van der Waals surface area (Å²) in [4.78, 5) is 0. The smallest absolute Gasteiger partial charge is 0.187 e. The summed E-state index contributed by atoms with van der Waals surface area (Å²) in [7, 11) is 1.84. The lowest BCUT2D eigenvalue weighted by molar-refractivity contribution is -0.280. The number of ether oxygens (including phenoxy) is 5. The van der Waals surface area contributed by atoms with Gasteiger partial charge in [-0.25, -0.2) is 0 Å². The van der Waals surface area contributed by atoms with Gasteiger partial charge in [-0.2, -0.15) is 0 Å². The summed E-state index contributed by atoms with van der Waals surface area (Å²) in [6.45, 7) is 1.32. The molecule has 0 amide bonds. The standard InChI is InChI=1S/C25H50N6O10/c1-8(31-2)12-4-3-9(27)21(37-12)15-10(28)5-11(29)17(33)23(15)41-25-20(36)22(14(7-32)39-25)40-24-16(30)19(35)18(34)13(6-26)38-24/h8-25,31-36H,3-7,26-30H2,1-2H3/t8-,9+,10-,11+,12-,13-,14+,15-,16+,17-,18+,19+,20+,21?,22+,23-,24+,25-/m0/s1. The molecule has 0 aromatic carbocycles. The fourth-order valence-electron chi connectivity index (χ4n) is 6.46. The number of hydrogen-bond acceptors (Lipinski definition) is 16. The first-order valence-electron chi connectivity index (χ1n) is 14.4.